The van der Waals surface area contributed by atoms with E-state index in [0.717, 1.165) is 0 Å². The highest BCUT2D eigenvalue weighted by Crippen LogP contribution is 2.52. The molecule has 1 heterocycles. The summed E-state index contributed by atoms with van der Waals surface area (Å²) in [4.78, 5) is 13.7. The summed E-state index contributed by atoms with van der Waals surface area (Å²) in [6, 6.07) is 11.7. The largest absolute Gasteiger partial charge is 0.450 e. The number of nitrogens with two attached hydrogens (primary N) is 1. The van der Waals surface area contributed by atoms with E-state index in [1.165, 1.54) is 23.1 Å². The highest BCUT2D eigenvalue weighted by Gasteiger charge is 2.53. The minimum atomic E-state index is -1.81. The second-order valence-corrected chi connectivity index (χ2v) is 6.82. The molecule has 8 heteroatoms. The number of hydrogen-bond donors (Lipinski definition) is 1. The van der Waals surface area contributed by atoms with Gasteiger partial charge in [-0.15, -0.1) is 0 Å². The summed E-state index contributed by atoms with van der Waals surface area (Å²) < 4.78 is 19.0. The summed E-state index contributed by atoms with van der Waals surface area (Å²) in [5.41, 5.74) is 5.17. The van der Waals surface area contributed by atoms with E-state index < -0.39 is 29.2 Å². The van der Waals surface area contributed by atoms with Crippen molar-refractivity contribution in [3.63, 3.8) is 0 Å². The number of halogens is 1. The van der Waals surface area contributed by atoms with Crippen molar-refractivity contribution >= 4 is 6.09 Å². The Bertz CT molecular complexity index is 1030. The Hall–Kier alpha value is -3.83. The van der Waals surface area contributed by atoms with E-state index in [1.807, 2.05) is 18.2 Å². The molecule has 0 fully saturated rings. The van der Waals surface area contributed by atoms with Crippen LogP contribution in [0.15, 0.2) is 47.2 Å². The molecular formula is C21H18FN5O2. The lowest BCUT2D eigenvalue weighted by molar-refractivity contribution is 0.102. The third-order valence-electron chi connectivity index (χ3n) is 5.38. The number of allylic oxidation sites excluding steroid dienone is 2. The van der Waals surface area contributed by atoms with Gasteiger partial charge in [-0.05, 0) is 30.2 Å². The Balaban J connectivity index is 2.23. The average molecular weight is 391 g/mol. The molecule has 0 bridgehead atoms. The first-order valence-corrected chi connectivity index (χ1v) is 9.03. The van der Waals surface area contributed by atoms with Crippen molar-refractivity contribution in [1.82, 2.24) is 4.90 Å². The van der Waals surface area contributed by atoms with Crippen molar-refractivity contribution in [3.05, 3.63) is 58.6 Å². The highest BCUT2D eigenvalue weighted by molar-refractivity contribution is 5.69. The van der Waals surface area contributed by atoms with Crippen molar-refractivity contribution in [2.45, 2.75) is 12.8 Å². The molecule has 1 amide bonds. The van der Waals surface area contributed by atoms with Crippen LogP contribution in [0.5, 0.6) is 0 Å². The highest BCUT2D eigenvalue weighted by atomic mass is 19.1. The zero-order valence-corrected chi connectivity index (χ0v) is 15.7. The van der Waals surface area contributed by atoms with Gasteiger partial charge in [-0.1, -0.05) is 18.2 Å². The van der Waals surface area contributed by atoms with Gasteiger partial charge < -0.3 is 15.4 Å². The predicted molar refractivity (Wildman–Crippen MR) is 99.8 cm³/mol. The van der Waals surface area contributed by atoms with Crippen LogP contribution in [0.25, 0.3) is 0 Å². The molecule has 0 saturated heterocycles. The standard InChI is InChI=1S/C21H18FN5O2/c1-2-29-20(28)27-7-6-17-16(10-27)18(13-4-3-5-14(22)8-13)15(9-23)19(26)21(17,11-24)12-25/h3-6,8,16,18H,2,7,10,26H2,1H3/t16-,18-/m0/s1. The number of benzene rings is 1. The van der Waals surface area contributed by atoms with Gasteiger partial charge >= 0.3 is 6.09 Å². The molecule has 2 N–H and O–H groups in total. The van der Waals surface area contributed by atoms with Crippen LogP contribution in [0.3, 0.4) is 0 Å². The third kappa shape index (κ3) is 3.07. The molecule has 146 valence electrons. The number of nitriles is 3. The first kappa shape index (κ1) is 19.9. The molecule has 1 aromatic carbocycles. The molecule has 0 aromatic heterocycles. The lowest BCUT2D eigenvalue weighted by atomic mass is 9.60. The Labute approximate surface area is 167 Å². The van der Waals surface area contributed by atoms with Gasteiger partial charge in [0.2, 0.25) is 5.41 Å². The SMILES string of the molecule is CCOC(=O)N1CC=C2[C@H](C1)[C@@H](c1cccc(F)c1)C(C#N)=C(N)C2(C#N)C#N. The van der Waals surface area contributed by atoms with Crippen LogP contribution in [0, 0.1) is 51.1 Å². The molecule has 3 rings (SSSR count). The van der Waals surface area contributed by atoms with Gasteiger partial charge in [0, 0.05) is 24.9 Å². The molecule has 0 radical (unpaired) electrons. The molecule has 2 aliphatic rings. The van der Waals surface area contributed by atoms with E-state index >= 15 is 0 Å². The summed E-state index contributed by atoms with van der Waals surface area (Å²) in [5.74, 6) is -1.79. The van der Waals surface area contributed by atoms with Gasteiger partial charge in [-0.25, -0.2) is 9.18 Å². The van der Waals surface area contributed by atoms with Crippen molar-refractivity contribution in [2.24, 2.45) is 17.1 Å². The number of ether oxygens (including phenoxy) is 1. The van der Waals surface area contributed by atoms with E-state index in [0.29, 0.717) is 11.1 Å². The maximum absolute atomic E-state index is 13.9. The van der Waals surface area contributed by atoms with Crippen LogP contribution in [0.1, 0.15) is 18.4 Å². The summed E-state index contributed by atoms with van der Waals surface area (Å²) in [7, 11) is 0. The first-order valence-electron chi connectivity index (χ1n) is 9.03. The van der Waals surface area contributed by atoms with Gasteiger partial charge in [0.05, 0.1) is 36.1 Å². The van der Waals surface area contributed by atoms with Gasteiger partial charge in [0.1, 0.15) is 5.82 Å². The van der Waals surface area contributed by atoms with Crippen LogP contribution >= 0.6 is 0 Å². The second kappa shape index (κ2) is 7.66. The summed E-state index contributed by atoms with van der Waals surface area (Å²) in [6.07, 6.45) is 1.08. The van der Waals surface area contributed by atoms with Crippen molar-refractivity contribution in [3.8, 4) is 18.2 Å². The number of amides is 1. The maximum atomic E-state index is 13.9. The van der Waals surface area contributed by atoms with Gasteiger partial charge in [0.25, 0.3) is 0 Å². The van der Waals surface area contributed by atoms with Crippen LogP contribution in [-0.2, 0) is 4.74 Å². The fourth-order valence-corrected chi connectivity index (χ4v) is 4.08. The molecule has 1 aliphatic heterocycles. The Morgan fingerprint density at radius 2 is 2.10 bits per heavy atom. The Morgan fingerprint density at radius 1 is 1.38 bits per heavy atom. The monoisotopic (exact) mass is 391 g/mol. The molecule has 1 aliphatic carbocycles. The quantitative estimate of drug-likeness (QED) is 0.772. The van der Waals surface area contributed by atoms with Crippen LogP contribution in [0.2, 0.25) is 0 Å². The lowest BCUT2D eigenvalue weighted by Gasteiger charge is -2.44. The van der Waals surface area contributed by atoms with Crippen LogP contribution < -0.4 is 5.73 Å². The maximum Gasteiger partial charge on any atom is 0.410 e. The molecule has 0 spiro atoms. The topological polar surface area (TPSA) is 127 Å². The summed E-state index contributed by atoms with van der Waals surface area (Å²) in [6.45, 7) is 2.13. The van der Waals surface area contributed by atoms with Crippen LogP contribution in [0.4, 0.5) is 9.18 Å². The Kier molecular flexibility index (Phi) is 5.26. The number of carbonyl (C=O) groups is 1. The fraction of sp³-hybridized carbons (Fsp3) is 0.333. The predicted octanol–water partition coefficient (Wildman–Crippen LogP) is 2.71. The van der Waals surface area contributed by atoms with Gasteiger partial charge in [0.15, 0.2) is 0 Å². The first-order chi connectivity index (χ1) is 13.9. The smallest absolute Gasteiger partial charge is 0.410 e. The minimum Gasteiger partial charge on any atom is -0.450 e. The number of hydrogen-bond acceptors (Lipinski definition) is 6. The third-order valence-corrected chi connectivity index (χ3v) is 5.38. The van der Waals surface area contributed by atoms with E-state index in [4.69, 9.17) is 10.5 Å². The van der Waals surface area contributed by atoms with E-state index in [-0.39, 0.29) is 31.0 Å². The summed E-state index contributed by atoms with van der Waals surface area (Å²) >= 11 is 0. The summed E-state index contributed by atoms with van der Waals surface area (Å²) in [5, 5.41) is 29.5. The number of nitrogens with zero attached hydrogens (tertiary/aromatic N) is 4. The average Bonchev–Trinajstić information content (AvgIpc) is 2.73. The second-order valence-electron chi connectivity index (χ2n) is 6.82. The van der Waals surface area contributed by atoms with E-state index in [2.05, 4.69) is 0 Å². The van der Waals surface area contributed by atoms with E-state index in [1.54, 1.807) is 19.1 Å². The molecule has 2 atom stereocenters. The van der Waals surface area contributed by atoms with Crippen molar-refractivity contribution < 1.29 is 13.9 Å². The van der Waals surface area contributed by atoms with Gasteiger partial charge in [-0.2, -0.15) is 15.8 Å². The number of rotatable bonds is 2. The molecule has 7 nitrogen and oxygen atoms in total. The van der Waals surface area contributed by atoms with Crippen molar-refractivity contribution in [1.29, 1.82) is 15.8 Å². The van der Waals surface area contributed by atoms with E-state index in [9.17, 15) is 25.0 Å². The molecule has 0 unspecified atom stereocenters. The molecule has 1 aromatic rings. The van der Waals surface area contributed by atoms with Crippen molar-refractivity contribution in [2.75, 3.05) is 19.7 Å². The normalized spacial score (nSPS) is 22.4. The zero-order valence-electron chi connectivity index (χ0n) is 15.7. The zero-order chi connectivity index (χ0) is 21.2. The lowest BCUT2D eigenvalue weighted by Crippen LogP contribution is -2.48. The Morgan fingerprint density at radius 3 is 2.69 bits per heavy atom. The molecular weight excluding hydrogens is 373 g/mol. The van der Waals surface area contributed by atoms with Gasteiger partial charge in [-0.3, -0.25) is 0 Å². The minimum absolute atomic E-state index is 0.0339. The molecule has 29 heavy (non-hydrogen) atoms. The molecule has 0 saturated carbocycles. The number of fused-ring (bicyclic) bond motifs is 1. The van der Waals surface area contributed by atoms with Crippen LogP contribution in [-0.4, -0.2) is 30.7 Å². The fourth-order valence-electron chi connectivity index (χ4n) is 4.08. The number of carbonyl (C=O) groups excluding carboxylic acids is 1.